The molecule has 0 aromatic heterocycles. The molecule has 0 saturated heterocycles. The molecule has 0 bridgehead atoms. The van der Waals surface area contributed by atoms with Crippen molar-refractivity contribution in [2.45, 2.75) is 19.8 Å². The van der Waals surface area contributed by atoms with Crippen molar-refractivity contribution in [1.82, 2.24) is 5.32 Å². The number of hydrogen-bond donors (Lipinski definition) is 4. The van der Waals surface area contributed by atoms with E-state index in [9.17, 15) is 19.2 Å². The van der Waals surface area contributed by atoms with Gasteiger partial charge in [-0.3, -0.25) is 19.2 Å². The summed E-state index contributed by atoms with van der Waals surface area (Å²) in [5.41, 5.74) is 2.37. The number of hydrogen-bond acceptors (Lipinski definition) is 4. The molecule has 146 valence electrons. The average Bonchev–Trinajstić information content (AvgIpc) is 2.63. The molecule has 0 unspecified atom stereocenters. The Morgan fingerprint density at radius 2 is 1.43 bits per heavy atom. The smallest absolute Gasteiger partial charge is 0.305 e. The fraction of sp³-hybridized carbons (Fsp3) is 0.200. The lowest BCUT2D eigenvalue weighted by molar-refractivity contribution is -0.136. The number of carboxylic acids is 1. The van der Waals surface area contributed by atoms with Gasteiger partial charge in [0.1, 0.15) is 0 Å². The van der Waals surface area contributed by atoms with Gasteiger partial charge in [0.05, 0.1) is 12.8 Å². The van der Waals surface area contributed by atoms with E-state index in [0.29, 0.717) is 16.9 Å². The molecule has 0 aliphatic rings. The first-order valence-corrected chi connectivity index (χ1v) is 8.60. The van der Waals surface area contributed by atoms with Crippen LogP contribution in [0.4, 0.5) is 11.4 Å². The summed E-state index contributed by atoms with van der Waals surface area (Å²) in [6, 6.07) is 13.3. The molecule has 0 radical (unpaired) electrons. The Bertz CT molecular complexity index is 860. The highest BCUT2D eigenvalue weighted by atomic mass is 16.4. The molecule has 0 aliphatic carbocycles. The van der Waals surface area contributed by atoms with Crippen LogP contribution in [0.1, 0.15) is 29.3 Å². The van der Waals surface area contributed by atoms with Crippen LogP contribution < -0.4 is 16.0 Å². The molecule has 8 heteroatoms. The van der Waals surface area contributed by atoms with Gasteiger partial charge in [0.25, 0.3) is 5.91 Å². The number of rotatable bonds is 8. The normalized spacial score (nSPS) is 10.0. The lowest BCUT2D eigenvalue weighted by atomic mass is 10.1. The Morgan fingerprint density at radius 1 is 0.857 bits per heavy atom. The molecule has 0 aliphatic heterocycles. The van der Waals surface area contributed by atoms with Crippen LogP contribution in [0.5, 0.6) is 0 Å². The summed E-state index contributed by atoms with van der Waals surface area (Å²) < 4.78 is 0. The van der Waals surface area contributed by atoms with Crippen LogP contribution in [0.25, 0.3) is 0 Å². The van der Waals surface area contributed by atoms with Crippen molar-refractivity contribution in [3.05, 3.63) is 59.7 Å². The van der Waals surface area contributed by atoms with Crippen molar-refractivity contribution in [2.24, 2.45) is 0 Å². The van der Waals surface area contributed by atoms with Gasteiger partial charge in [-0.1, -0.05) is 12.1 Å². The van der Waals surface area contributed by atoms with Crippen LogP contribution in [0.15, 0.2) is 48.5 Å². The zero-order valence-corrected chi connectivity index (χ0v) is 15.3. The van der Waals surface area contributed by atoms with E-state index in [0.717, 1.165) is 5.56 Å². The van der Waals surface area contributed by atoms with Crippen LogP contribution in [0.2, 0.25) is 0 Å². The van der Waals surface area contributed by atoms with Crippen LogP contribution in [0.3, 0.4) is 0 Å². The van der Waals surface area contributed by atoms with E-state index in [1.54, 1.807) is 48.5 Å². The van der Waals surface area contributed by atoms with Gasteiger partial charge >= 0.3 is 5.97 Å². The Morgan fingerprint density at radius 3 is 2.00 bits per heavy atom. The third kappa shape index (κ3) is 6.91. The van der Waals surface area contributed by atoms with Gasteiger partial charge in [0, 0.05) is 30.4 Å². The summed E-state index contributed by atoms with van der Waals surface area (Å²) in [5, 5.41) is 16.5. The maximum absolute atomic E-state index is 12.2. The highest BCUT2D eigenvalue weighted by Gasteiger charge is 2.08. The summed E-state index contributed by atoms with van der Waals surface area (Å²) in [6.07, 6.45) is 0.0173. The molecule has 0 fully saturated rings. The SMILES string of the molecule is CC(=O)Nc1ccc(CC(=O)Nc2ccc(C(=O)NCCC(=O)O)cc2)cc1. The van der Waals surface area contributed by atoms with E-state index in [1.807, 2.05) is 0 Å². The number of nitrogens with one attached hydrogen (secondary N) is 3. The number of aliphatic carboxylic acids is 1. The molecular weight excluding hydrogens is 362 g/mol. The van der Waals surface area contributed by atoms with Gasteiger partial charge in [-0.15, -0.1) is 0 Å². The van der Waals surface area contributed by atoms with E-state index in [-0.39, 0.29) is 37.1 Å². The van der Waals surface area contributed by atoms with E-state index in [2.05, 4.69) is 16.0 Å². The van der Waals surface area contributed by atoms with Crippen molar-refractivity contribution in [3.8, 4) is 0 Å². The van der Waals surface area contributed by atoms with Crippen LogP contribution in [-0.4, -0.2) is 35.3 Å². The summed E-state index contributed by atoms with van der Waals surface area (Å²) in [6.45, 7) is 1.47. The van der Waals surface area contributed by atoms with Crippen LogP contribution >= 0.6 is 0 Å². The molecule has 0 atom stereocenters. The number of amides is 3. The molecule has 0 spiro atoms. The van der Waals surface area contributed by atoms with Gasteiger partial charge in [0.15, 0.2) is 0 Å². The van der Waals surface area contributed by atoms with E-state index >= 15 is 0 Å². The predicted octanol–water partition coefficient (Wildman–Crippen LogP) is 2.03. The molecule has 0 heterocycles. The first-order valence-electron chi connectivity index (χ1n) is 8.60. The van der Waals surface area contributed by atoms with Gasteiger partial charge in [0.2, 0.25) is 11.8 Å². The fourth-order valence-corrected chi connectivity index (χ4v) is 2.39. The van der Waals surface area contributed by atoms with E-state index in [4.69, 9.17) is 5.11 Å². The maximum atomic E-state index is 12.2. The minimum Gasteiger partial charge on any atom is -0.481 e. The lowest BCUT2D eigenvalue weighted by Crippen LogP contribution is -2.26. The number of carboxylic acid groups (broad SMARTS) is 1. The summed E-state index contributed by atoms with van der Waals surface area (Å²) in [4.78, 5) is 45.5. The van der Waals surface area contributed by atoms with Crippen LogP contribution in [0, 0.1) is 0 Å². The zero-order chi connectivity index (χ0) is 20.5. The topological polar surface area (TPSA) is 125 Å². The maximum Gasteiger partial charge on any atom is 0.305 e. The van der Waals surface area contributed by atoms with Gasteiger partial charge in [-0.25, -0.2) is 0 Å². The highest BCUT2D eigenvalue weighted by molar-refractivity contribution is 5.96. The minimum absolute atomic E-state index is 0.0490. The van der Waals surface area contributed by atoms with Crippen LogP contribution in [-0.2, 0) is 20.8 Å². The molecule has 4 N–H and O–H groups in total. The quantitative estimate of drug-likeness (QED) is 0.555. The fourth-order valence-electron chi connectivity index (χ4n) is 2.39. The summed E-state index contributed by atoms with van der Waals surface area (Å²) >= 11 is 0. The second-order valence-electron chi connectivity index (χ2n) is 6.08. The monoisotopic (exact) mass is 383 g/mol. The number of anilines is 2. The number of carbonyl (C=O) groups excluding carboxylic acids is 3. The van der Waals surface area contributed by atoms with E-state index in [1.165, 1.54) is 6.92 Å². The molecule has 8 nitrogen and oxygen atoms in total. The molecule has 3 amide bonds. The zero-order valence-electron chi connectivity index (χ0n) is 15.3. The standard InChI is InChI=1S/C20H21N3O5/c1-13(24)22-16-6-2-14(3-7-16)12-18(25)23-17-8-4-15(5-9-17)20(28)21-11-10-19(26)27/h2-9H,10-12H2,1H3,(H,21,28)(H,22,24)(H,23,25)(H,26,27). The molecular formula is C20H21N3O5. The van der Waals surface area contributed by atoms with Gasteiger partial charge in [-0.05, 0) is 42.0 Å². The second kappa shape index (κ2) is 9.86. The van der Waals surface area contributed by atoms with Crippen molar-refractivity contribution >= 4 is 35.1 Å². The molecule has 28 heavy (non-hydrogen) atoms. The summed E-state index contributed by atoms with van der Waals surface area (Å²) in [7, 11) is 0. The Hall–Kier alpha value is -3.68. The third-order valence-electron chi connectivity index (χ3n) is 3.69. The molecule has 0 saturated carbocycles. The predicted molar refractivity (Wildman–Crippen MR) is 104 cm³/mol. The van der Waals surface area contributed by atoms with E-state index < -0.39 is 5.97 Å². The third-order valence-corrected chi connectivity index (χ3v) is 3.69. The van der Waals surface area contributed by atoms with Crippen molar-refractivity contribution in [3.63, 3.8) is 0 Å². The average molecular weight is 383 g/mol. The van der Waals surface area contributed by atoms with Gasteiger partial charge < -0.3 is 21.1 Å². The largest absolute Gasteiger partial charge is 0.481 e. The van der Waals surface area contributed by atoms with Gasteiger partial charge in [-0.2, -0.15) is 0 Å². The van der Waals surface area contributed by atoms with Crippen molar-refractivity contribution in [2.75, 3.05) is 17.2 Å². The highest BCUT2D eigenvalue weighted by Crippen LogP contribution is 2.13. The Labute approximate surface area is 161 Å². The van der Waals surface area contributed by atoms with Crippen molar-refractivity contribution < 1.29 is 24.3 Å². The molecule has 2 rings (SSSR count). The lowest BCUT2D eigenvalue weighted by Gasteiger charge is -2.08. The molecule has 2 aromatic carbocycles. The first kappa shape index (κ1) is 20.6. The number of benzene rings is 2. The minimum atomic E-state index is -0.983. The Balaban J connectivity index is 1.85. The summed E-state index contributed by atoms with van der Waals surface area (Å²) in [5.74, 6) is -1.74. The second-order valence-corrected chi connectivity index (χ2v) is 6.08. The first-order chi connectivity index (χ1) is 13.3. The Kier molecular flexibility index (Phi) is 7.27. The van der Waals surface area contributed by atoms with Crippen molar-refractivity contribution in [1.29, 1.82) is 0 Å². The number of carbonyl (C=O) groups is 4. The molecule has 2 aromatic rings.